The molecule has 2 aromatic heterocycles. The van der Waals surface area contributed by atoms with E-state index in [1.54, 1.807) is 23.5 Å². The topological polar surface area (TPSA) is 99.4 Å². The minimum absolute atomic E-state index is 0.201. The normalized spacial score (nSPS) is 15.1. The standard InChI is InChI=1S/C27H26FN5O3S/c1-17(34)30-15-22-16-33(27(35)36-22)21-8-9-23(24(28)11-21)19-6-4-18(5-7-19)12-29-13-20-14-31-32-26(20)25-3-2-10-37-25/h2-11,14,22,29H,12-13,15-16H2,1H3,(H,30,34)(H,31,32)/t22-/m0/s1. The van der Waals surface area contributed by atoms with Gasteiger partial charge in [0.25, 0.3) is 0 Å². The number of hydrogen-bond donors (Lipinski definition) is 3. The number of halogens is 1. The Bertz CT molecular complexity index is 1390. The van der Waals surface area contributed by atoms with Crippen LogP contribution in [0.5, 0.6) is 0 Å². The van der Waals surface area contributed by atoms with Crippen LogP contribution in [0.3, 0.4) is 0 Å². The second-order valence-corrected chi connectivity index (χ2v) is 9.70. The van der Waals surface area contributed by atoms with Crippen molar-refractivity contribution < 1.29 is 18.7 Å². The maximum absolute atomic E-state index is 15.0. The van der Waals surface area contributed by atoms with Crippen LogP contribution in [0.15, 0.2) is 66.2 Å². The molecule has 1 aliphatic rings. The van der Waals surface area contributed by atoms with Gasteiger partial charge >= 0.3 is 6.09 Å². The first kappa shape index (κ1) is 24.7. The fourth-order valence-corrected chi connectivity index (χ4v) is 4.97. The van der Waals surface area contributed by atoms with E-state index in [-0.39, 0.29) is 19.0 Å². The van der Waals surface area contributed by atoms with Gasteiger partial charge in [-0.2, -0.15) is 5.10 Å². The molecule has 0 bridgehead atoms. The van der Waals surface area contributed by atoms with E-state index in [1.807, 2.05) is 41.9 Å². The van der Waals surface area contributed by atoms with E-state index in [2.05, 4.69) is 26.9 Å². The number of cyclic esters (lactones) is 1. The summed E-state index contributed by atoms with van der Waals surface area (Å²) in [4.78, 5) is 25.8. The zero-order valence-electron chi connectivity index (χ0n) is 20.2. The molecule has 1 aliphatic heterocycles. The van der Waals surface area contributed by atoms with Crippen molar-refractivity contribution in [1.29, 1.82) is 0 Å². The van der Waals surface area contributed by atoms with Crippen molar-refractivity contribution in [3.63, 3.8) is 0 Å². The summed E-state index contributed by atoms with van der Waals surface area (Å²) in [5, 5.41) is 15.4. The second kappa shape index (κ2) is 10.9. The van der Waals surface area contributed by atoms with Crippen molar-refractivity contribution in [3.05, 3.63) is 83.1 Å². The molecule has 1 atom stereocenters. The molecule has 3 N–H and O–H groups in total. The summed E-state index contributed by atoms with van der Waals surface area (Å²) in [6.07, 6.45) is 0.871. The summed E-state index contributed by atoms with van der Waals surface area (Å²) < 4.78 is 20.3. The number of aromatic nitrogens is 2. The Balaban J connectivity index is 1.19. The molecule has 37 heavy (non-hydrogen) atoms. The number of thiophene rings is 1. The highest BCUT2D eigenvalue weighted by atomic mass is 32.1. The molecule has 190 valence electrons. The zero-order chi connectivity index (χ0) is 25.8. The van der Waals surface area contributed by atoms with Gasteiger partial charge in [0.2, 0.25) is 5.91 Å². The third-order valence-corrected chi connectivity index (χ3v) is 6.98. The highest BCUT2D eigenvalue weighted by Crippen LogP contribution is 2.29. The van der Waals surface area contributed by atoms with E-state index in [9.17, 15) is 9.59 Å². The lowest BCUT2D eigenvalue weighted by molar-refractivity contribution is -0.119. The summed E-state index contributed by atoms with van der Waals surface area (Å²) >= 11 is 1.66. The van der Waals surface area contributed by atoms with Gasteiger partial charge in [-0.25, -0.2) is 9.18 Å². The van der Waals surface area contributed by atoms with Crippen molar-refractivity contribution in [3.8, 4) is 21.7 Å². The van der Waals surface area contributed by atoms with E-state index < -0.39 is 18.0 Å². The van der Waals surface area contributed by atoms with Gasteiger partial charge in [0.05, 0.1) is 23.7 Å². The van der Waals surface area contributed by atoms with Gasteiger partial charge in [0.1, 0.15) is 17.6 Å². The zero-order valence-corrected chi connectivity index (χ0v) is 21.0. The lowest BCUT2D eigenvalue weighted by Crippen LogP contribution is -2.33. The minimum Gasteiger partial charge on any atom is -0.442 e. The first-order valence-electron chi connectivity index (χ1n) is 11.9. The Kier molecular flexibility index (Phi) is 7.29. The number of ether oxygens (including phenoxy) is 1. The maximum atomic E-state index is 15.0. The smallest absolute Gasteiger partial charge is 0.414 e. The maximum Gasteiger partial charge on any atom is 0.414 e. The summed E-state index contributed by atoms with van der Waals surface area (Å²) in [7, 11) is 0. The van der Waals surface area contributed by atoms with Crippen LogP contribution in [0.4, 0.5) is 14.9 Å². The SMILES string of the molecule is CC(=O)NC[C@H]1CN(c2ccc(-c3ccc(CNCc4c[nH]nc4-c4cccs4)cc3)c(F)c2)C(=O)O1. The van der Waals surface area contributed by atoms with Gasteiger partial charge in [-0.3, -0.25) is 14.8 Å². The number of H-pyrrole nitrogens is 1. The molecule has 2 aromatic carbocycles. The molecule has 1 saturated heterocycles. The van der Waals surface area contributed by atoms with Crippen molar-refractivity contribution in [2.45, 2.75) is 26.1 Å². The van der Waals surface area contributed by atoms with Crippen molar-refractivity contribution in [2.24, 2.45) is 0 Å². The van der Waals surface area contributed by atoms with Gasteiger partial charge in [0.15, 0.2) is 0 Å². The number of anilines is 1. The number of nitrogens with one attached hydrogen (secondary N) is 3. The number of benzene rings is 2. The molecule has 10 heteroatoms. The Hall–Kier alpha value is -4.02. The fourth-order valence-electron chi connectivity index (χ4n) is 4.22. The molecular weight excluding hydrogens is 493 g/mol. The quantitative estimate of drug-likeness (QED) is 0.298. The van der Waals surface area contributed by atoms with Crippen LogP contribution in [-0.4, -0.2) is 41.4 Å². The first-order chi connectivity index (χ1) is 18.0. The minimum atomic E-state index is -0.558. The number of nitrogens with zero attached hydrogens (tertiary/aromatic N) is 2. The molecule has 0 radical (unpaired) electrons. The van der Waals surface area contributed by atoms with E-state index in [1.165, 1.54) is 17.9 Å². The molecule has 0 saturated carbocycles. The largest absolute Gasteiger partial charge is 0.442 e. The summed E-state index contributed by atoms with van der Waals surface area (Å²) in [5.41, 5.74) is 4.75. The molecule has 8 nitrogen and oxygen atoms in total. The van der Waals surface area contributed by atoms with Crippen LogP contribution in [0, 0.1) is 5.82 Å². The molecule has 0 unspecified atom stereocenters. The van der Waals surface area contributed by atoms with Gasteiger partial charge in [-0.1, -0.05) is 30.3 Å². The van der Waals surface area contributed by atoms with Gasteiger partial charge in [-0.05, 0) is 40.8 Å². The van der Waals surface area contributed by atoms with E-state index in [4.69, 9.17) is 4.74 Å². The number of carbonyl (C=O) groups is 2. The van der Waals surface area contributed by atoms with Crippen LogP contribution in [-0.2, 0) is 22.6 Å². The predicted octanol–water partition coefficient (Wildman–Crippen LogP) is 4.70. The van der Waals surface area contributed by atoms with Crippen molar-refractivity contribution in [1.82, 2.24) is 20.8 Å². The van der Waals surface area contributed by atoms with E-state index >= 15 is 4.39 Å². The molecule has 0 spiro atoms. The number of carbonyl (C=O) groups excluding carboxylic acids is 2. The third-order valence-electron chi connectivity index (χ3n) is 6.10. The number of aromatic amines is 1. The number of amides is 2. The average molecular weight is 520 g/mol. The molecular formula is C27H26FN5O3S. The van der Waals surface area contributed by atoms with Crippen LogP contribution in [0.25, 0.3) is 21.7 Å². The summed E-state index contributed by atoms with van der Waals surface area (Å²) in [5.74, 6) is -0.629. The van der Waals surface area contributed by atoms with Gasteiger partial charge < -0.3 is 15.4 Å². The predicted molar refractivity (Wildman–Crippen MR) is 141 cm³/mol. The molecule has 5 rings (SSSR count). The molecule has 1 fully saturated rings. The Morgan fingerprint density at radius 3 is 2.78 bits per heavy atom. The third kappa shape index (κ3) is 5.71. The Morgan fingerprint density at radius 1 is 1.22 bits per heavy atom. The summed E-state index contributed by atoms with van der Waals surface area (Å²) in [6, 6.07) is 16.5. The molecule has 4 aromatic rings. The van der Waals surface area contributed by atoms with Gasteiger partial charge in [-0.15, -0.1) is 11.3 Å². The molecule has 0 aliphatic carbocycles. The van der Waals surface area contributed by atoms with Crippen LogP contribution in [0.1, 0.15) is 18.1 Å². The Labute approximate surface area is 217 Å². The van der Waals surface area contributed by atoms with Crippen molar-refractivity contribution >= 4 is 29.0 Å². The first-order valence-corrected chi connectivity index (χ1v) is 12.7. The highest BCUT2D eigenvalue weighted by molar-refractivity contribution is 7.13. The number of rotatable bonds is 9. The fraction of sp³-hybridized carbons (Fsp3) is 0.222. The van der Waals surface area contributed by atoms with Crippen LogP contribution < -0.4 is 15.5 Å². The van der Waals surface area contributed by atoms with Crippen LogP contribution >= 0.6 is 11.3 Å². The highest BCUT2D eigenvalue weighted by Gasteiger charge is 2.32. The monoisotopic (exact) mass is 519 g/mol. The molecule has 2 amide bonds. The molecule has 3 heterocycles. The lowest BCUT2D eigenvalue weighted by atomic mass is 10.0. The van der Waals surface area contributed by atoms with Crippen molar-refractivity contribution in [2.75, 3.05) is 18.0 Å². The average Bonchev–Trinajstić information content (AvgIpc) is 3.64. The summed E-state index contributed by atoms with van der Waals surface area (Å²) in [6.45, 7) is 3.19. The lowest BCUT2D eigenvalue weighted by Gasteiger charge is -2.15. The van der Waals surface area contributed by atoms with E-state index in [0.717, 1.165) is 27.3 Å². The van der Waals surface area contributed by atoms with E-state index in [0.29, 0.717) is 24.3 Å². The number of hydrogen-bond acceptors (Lipinski definition) is 6. The van der Waals surface area contributed by atoms with Gasteiger partial charge in [0, 0.05) is 37.3 Å². The Morgan fingerprint density at radius 2 is 2.05 bits per heavy atom. The van der Waals surface area contributed by atoms with Crippen LogP contribution in [0.2, 0.25) is 0 Å². The second-order valence-electron chi connectivity index (χ2n) is 8.75.